The van der Waals surface area contributed by atoms with E-state index in [0.29, 0.717) is 26.1 Å². The summed E-state index contributed by atoms with van der Waals surface area (Å²) in [5, 5.41) is 8.81. The lowest BCUT2D eigenvalue weighted by atomic mass is 10.0. The number of nitrogens with zero attached hydrogens (tertiary/aromatic N) is 2. The van der Waals surface area contributed by atoms with Crippen molar-refractivity contribution in [3.63, 3.8) is 0 Å². The fraction of sp³-hybridized carbons (Fsp3) is 0.533. The first-order chi connectivity index (χ1) is 9.65. The average Bonchev–Trinajstić information content (AvgIpc) is 2.46. The Balaban J connectivity index is 3.13. The lowest BCUT2D eigenvalue weighted by Gasteiger charge is -2.28. The van der Waals surface area contributed by atoms with Crippen LogP contribution in [0.4, 0.5) is 5.69 Å². The molecular formula is C15H23N3O2. The van der Waals surface area contributed by atoms with E-state index < -0.39 is 0 Å². The van der Waals surface area contributed by atoms with Crippen molar-refractivity contribution in [2.45, 2.75) is 19.4 Å². The Labute approximate surface area is 120 Å². The zero-order valence-electron chi connectivity index (χ0n) is 12.4. The van der Waals surface area contributed by atoms with Gasteiger partial charge in [-0.25, -0.2) is 0 Å². The predicted molar refractivity (Wildman–Crippen MR) is 79.9 cm³/mol. The number of benzene rings is 1. The van der Waals surface area contributed by atoms with E-state index in [9.17, 15) is 0 Å². The predicted octanol–water partition coefficient (Wildman–Crippen LogP) is 2.08. The first-order valence-electron chi connectivity index (χ1n) is 6.69. The first kappa shape index (κ1) is 16.3. The normalized spacial score (nSPS) is 11.8. The number of nitriles is 1. The van der Waals surface area contributed by atoms with Crippen molar-refractivity contribution in [2.24, 2.45) is 5.73 Å². The molecule has 0 aromatic heterocycles. The SMILES string of the molecule is COCCN(CCC#N)c1cccc(OC)c1[C@@H](C)N. The van der Waals surface area contributed by atoms with Gasteiger partial charge in [0, 0.05) is 37.5 Å². The van der Waals surface area contributed by atoms with E-state index in [4.69, 9.17) is 20.5 Å². The fourth-order valence-corrected chi connectivity index (χ4v) is 2.18. The van der Waals surface area contributed by atoms with Crippen LogP contribution in [0, 0.1) is 11.3 Å². The van der Waals surface area contributed by atoms with Gasteiger partial charge in [0.15, 0.2) is 0 Å². The number of ether oxygens (including phenoxy) is 2. The third kappa shape index (κ3) is 4.12. The van der Waals surface area contributed by atoms with Crippen molar-refractivity contribution in [3.05, 3.63) is 23.8 Å². The Hall–Kier alpha value is -1.77. The largest absolute Gasteiger partial charge is 0.496 e. The minimum atomic E-state index is -0.145. The highest BCUT2D eigenvalue weighted by molar-refractivity contribution is 5.60. The maximum absolute atomic E-state index is 8.81. The van der Waals surface area contributed by atoms with Crippen LogP contribution in [-0.2, 0) is 4.74 Å². The van der Waals surface area contributed by atoms with Crippen molar-refractivity contribution in [1.29, 1.82) is 5.26 Å². The molecule has 0 aliphatic heterocycles. The van der Waals surface area contributed by atoms with Crippen LogP contribution in [0.25, 0.3) is 0 Å². The van der Waals surface area contributed by atoms with E-state index in [-0.39, 0.29) is 6.04 Å². The van der Waals surface area contributed by atoms with Gasteiger partial charge in [-0.3, -0.25) is 0 Å². The van der Waals surface area contributed by atoms with Gasteiger partial charge in [-0.15, -0.1) is 0 Å². The van der Waals surface area contributed by atoms with E-state index in [0.717, 1.165) is 17.0 Å². The molecular weight excluding hydrogens is 254 g/mol. The van der Waals surface area contributed by atoms with Gasteiger partial charge in [-0.05, 0) is 19.1 Å². The second kappa shape index (κ2) is 8.41. The number of anilines is 1. The van der Waals surface area contributed by atoms with Crippen LogP contribution in [0.3, 0.4) is 0 Å². The number of hydrogen-bond donors (Lipinski definition) is 1. The second-order valence-electron chi connectivity index (χ2n) is 4.57. The molecule has 0 heterocycles. The van der Waals surface area contributed by atoms with Gasteiger partial charge >= 0.3 is 0 Å². The van der Waals surface area contributed by atoms with Gasteiger partial charge < -0.3 is 20.1 Å². The quantitative estimate of drug-likeness (QED) is 0.787. The summed E-state index contributed by atoms with van der Waals surface area (Å²) < 4.78 is 10.5. The molecule has 2 N–H and O–H groups in total. The molecule has 0 unspecified atom stereocenters. The van der Waals surface area contributed by atoms with E-state index >= 15 is 0 Å². The van der Waals surface area contributed by atoms with Crippen LogP contribution in [0.5, 0.6) is 5.75 Å². The molecule has 20 heavy (non-hydrogen) atoms. The Kier molecular flexibility index (Phi) is 6.85. The van der Waals surface area contributed by atoms with Crippen molar-refractivity contribution in [2.75, 3.05) is 38.8 Å². The molecule has 0 aliphatic rings. The Bertz CT molecular complexity index is 455. The summed E-state index contributed by atoms with van der Waals surface area (Å²) in [6.45, 7) is 3.89. The van der Waals surface area contributed by atoms with Crippen LogP contribution in [0.1, 0.15) is 24.9 Å². The summed E-state index contributed by atoms with van der Waals surface area (Å²) in [7, 11) is 3.31. The highest BCUT2D eigenvalue weighted by Gasteiger charge is 2.17. The molecule has 0 saturated carbocycles. The third-order valence-electron chi connectivity index (χ3n) is 3.12. The maximum Gasteiger partial charge on any atom is 0.125 e. The van der Waals surface area contributed by atoms with Crippen LogP contribution in [0.2, 0.25) is 0 Å². The third-order valence-corrected chi connectivity index (χ3v) is 3.12. The highest BCUT2D eigenvalue weighted by atomic mass is 16.5. The molecule has 1 aromatic carbocycles. The summed E-state index contributed by atoms with van der Waals surface area (Å²) in [4.78, 5) is 2.12. The number of methoxy groups -OCH3 is 2. The molecule has 0 radical (unpaired) electrons. The molecule has 110 valence electrons. The zero-order valence-corrected chi connectivity index (χ0v) is 12.4. The molecule has 5 nitrogen and oxygen atoms in total. The smallest absolute Gasteiger partial charge is 0.125 e. The minimum absolute atomic E-state index is 0.145. The van der Waals surface area contributed by atoms with E-state index in [1.807, 2.05) is 25.1 Å². The summed E-state index contributed by atoms with van der Waals surface area (Å²) in [6, 6.07) is 7.88. The minimum Gasteiger partial charge on any atom is -0.496 e. The molecule has 0 spiro atoms. The first-order valence-corrected chi connectivity index (χ1v) is 6.69. The lowest BCUT2D eigenvalue weighted by molar-refractivity contribution is 0.205. The standard InChI is InChI=1S/C15H23N3O2/c1-12(17)15-13(6-4-7-14(15)20-3)18(9-5-8-16)10-11-19-2/h4,6-7,12H,5,9-11,17H2,1-3H3/t12-/m1/s1. The molecule has 0 saturated heterocycles. The Morgan fingerprint density at radius 1 is 1.35 bits per heavy atom. The van der Waals surface area contributed by atoms with Gasteiger partial charge in [0.1, 0.15) is 5.75 Å². The lowest BCUT2D eigenvalue weighted by Crippen LogP contribution is -2.30. The number of nitrogens with two attached hydrogens (primary N) is 1. The van der Waals surface area contributed by atoms with Crippen molar-refractivity contribution in [1.82, 2.24) is 0 Å². The van der Waals surface area contributed by atoms with Crippen LogP contribution in [0.15, 0.2) is 18.2 Å². The zero-order chi connectivity index (χ0) is 15.0. The Morgan fingerprint density at radius 3 is 2.65 bits per heavy atom. The summed E-state index contributed by atoms with van der Waals surface area (Å²) in [5.74, 6) is 0.775. The van der Waals surface area contributed by atoms with Gasteiger partial charge in [0.2, 0.25) is 0 Å². The topological polar surface area (TPSA) is 71.5 Å². The Morgan fingerprint density at radius 2 is 2.10 bits per heavy atom. The summed E-state index contributed by atoms with van der Waals surface area (Å²) >= 11 is 0. The summed E-state index contributed by atoms with van der Waals surface area (Å²) in [5.41, 5.74) is 8.05. The van der Waals surface area contributed by atoms with Crippen molar-refractivity contribution < 1.29 is 9.47 Å². The molecule has 1 aromatic rings. The van der Waals surface area contributed by atoms with Crippen LogP contribution >= 0.6 is 0 Å². The maximum atomic E-state index is 8.81. The molecule has 1 rings (SSSR count). The van der Waals surface area contributed by atoms with E-state index in [1.54, 1.807) is 14.2 Å². The molecule has 0 bridgehead atoms. The van der Waals surface area contributed by atoms with Crippen molar-refractivity contribution >= 4 is 5.69 Å². The highest BCUT2D eigenvalue weighted by Crippen LogP contribution is 2.33. The average molecular weight is 277 g/mol. The van der Waals surface area contributed by atoms with Gasteiger partial charge in [0.05, 0.1) is 26.2 Å². The van der Waals surface area contributed by atoms with Gasteiger partial charge in [0.25, 0.3) is 0 Å². The monoisotopic (exact) mass is 277 g/mol. The van der Waals surface area contributed by atoms with Gasteiger partial charge in [-0.2, -0.15) is 5.26 Å². The van der Waals surface area contributed by atoms with E-state index in [2.05, 4.69) is 11.0 Å². The molecule has 0 fully saturated rings. The van der Waals surface area contributed by atoms with Gasteiger partial charge in [-0.1, -0.05) is 6.07 Å². The second-order valence-corrected chi connectivity index (χ2v) is 4.57. The molecule has 0 aliphatic carbocycles. The van der Waals surface area contributed by atoms with Crippen molar-refractivity contribution in [3.8, 4) is 11.8 Å². The van der Waals surface area contributed by atoms with E-state index in [1.165, 1.54) is 0 Å². The molecule has 5 heteroatoms. The number of hydrogen-bond acceptors (Lipinski definition) is 5. The number of rotatable bonds is 8. The molecule has 1 atom stereocenters. The fourth-order valence-electron chi connectivity index (χ4n) is 2.18. The molecule has 0 amide bonds. The van der Waals surface area contributed by atoms with Crippen LogP contribution < -0.4 is 15.4 Å². The summed E-state index contributed by atoms with van der Waals surface area (Å²) in [6.07, 6.45) is 0.458. The van der Waals surface area contributed by atoms with Crippen LogP contribution in [-0.4, -0.2) is 33.9 Å².